The van der Waals surface area contributed by atoms with E-state index in [2.05, 4.69) is 4.90 Å². The number of carbonyl (C=O) groups excluding carboxylic acids is 1. The second-order valence-electron chi connectivity index (χ2n) is 3.52. The third kappa shape index (κ3) is 9.73. The molecule has 0 saturated carbocycles. The Morgan fingerprint density at radius 2 is 1.58 bits per heavy atom. The van der Waals surface area contributed by atoms with Crippen molar-refractivity contribution in [2.24, 2.45) is 0 Å². The summed E-state index contributed by atoms with van der Waals surface area (Å²) in [6, 6.07) is 0. The number of hydrogen-bond donors (Lipinski definition) is 0. The molecular weight excluding hydrogens is 244 g/mol. The van der Waals surface area contributed by atoms with E-state index in [1.165, 1.54) is 0 Å². The zero-order valence-corrected chi connectivity index (χ0v) is 13.6. The largest absolute Gasteiger partial charge is 0.450 e. The van der Waals surface area contributed by atoms with Gasteiger partial charge in [-0.1, -0.05) is 27.7 Å². The van der Waals surface area contributed by atoms with Gasteiger partial charge < -0.3 is 14.4 Å². The predicted molar refractivity (Wildman–Crippen MR) is 79.6 cm³/mol. The molecule has 0 aromatic rings. The van der Waals surface area contributed by atoms with E-state index in [1.54, 1.807) is 12.0 Å². The van der Waals surface area contributed by atoms with Crippen LogP contribution in [0.5, 0.6) is 0 Å². The maximum atomic E-state index is 11.4. The molecule has 0 radical (unpaired) electrons. The number of hydrogen-bond acceptors (Lipinski definition) is 4. The van der Waals surface area contributed by atoms with Gasteiger partial charge in [0, 0.05) is 39.8 Å². The first-order valence-electron chi connectivity index (χ1n) is 7.41. The van der Waals surface area contributed by atoms with Gasteiger partial charge in [-0.3, -0.25) is 4.90 Å². The molecular formula is C14H32N2O3. The van der Waals surface area contributed by atoms with Crippen LogP contribution in [0.4, 0.5) is 4.79 Å². The molecule has 19 heavy (non-hydrogen) atoms. The minimum Gasteiger partial charge on any atom is -0.450 e. The molecule has 1 heterocycles. The van der Waals surface area contributed by atoms with E-state index < -0.39 is 0 Å². The van der Waals surface area contributed by atoms with Crippen LogP contribution in [-0.4, -0.2) is 68.9 Å². The van der Waals surface area contributed by atoms with E-state index in [0.717, 1.165) is 39.3 Å². The minimum absolute atomic E-state index is 0.191. The number of piperazine rings is 1. The lowest BCUT2D eigenvalue weighted by Crippen LogP contribution is -2.49. The maximum absolute atomic E-state index is 11.4. The molecule has 0 aliphatic carbocycles. The summed E-state index contributed by atoms with van der Waals surface area (Å²) < 4.78 is 9.95. The molecule has 1 fully saturated rings. The van der Waals surface area contributed by atoms with E-state index >= 15 is 0 Å². The van der Waals surface area contributed by atoms with E-state index in [-0.39, 0.29) is 6.09 Å². The van der Waals surface area contributed by atoms with E-state index in [1.807, 2.05) is 34.6 Å². The molecule has 0 N–H and O–H groups in total. The molecule has 0 bridgehead atoms. The first-order chi connectivity index (χ1) is 9.27. The van der Waals surface area contributed by atoms with Crippen molar-refractivity contribution in [1.29, 1.82) is 0 Å². The molecule has 0 aromatic carbocycles. The smallest absolute Gasteiger partial charge is 0.409 e. The Hall–Kier alpha value is -0.810. The predicted octanol–water partition coefficient (Wildman–Crippen LogP) is 2.46. The zero-order chi connectivity index (χ0) is 15.1. The third-order valence-corrected chi connectivity index (χ3v) is 2.51. The quantitative estimate of drug-likeness (QED) is 0.791. The van der Waals surface area contributed by atoms with Crippen molar-refractivity contribution < 1.29 is 14.3 Å². The van der Waals surface area contributed by atoms with Crippen LogP contribution in [0.15, 0.2) is 0 Å². The van der Waals surface area contributed by atoms with E-state index in [0.29, 0.717) is 6.61 Å². The number of methoxy groups -OCH3 is 1. The van der Waals surface area contributed by atoms with E-state index in [9.17, 15) is 4.79 Å². The zero-order valence-electron chi connectivity index (χ0n) is 13.6. The molecule has 0 atom stereocenters. The Morgan fingerprint density at radius 1 is 1.05 bits per heavy atom. The molecule has 0 unspecified atom stereocenters. The highest BCUT2D eigenvalue weighted by Crippen LogP contribution is 2.03. The Kier molecular flexibility index (Phi) is 16.5. The second kappa shape index (κ2) is 15.2. The van der Waals surface area contributed by atoms with Crippen molar-refractivity contribution in [3.63, 3.8) is 0 Å². The minimum atomic E-state index is -0.191. The Morgan fingerprint density at radius 3 is 2.00 bits per heavy atom. The molecule has 1 aliphatic rings. The summed E-state index contributed by atoms with van der Waals surface area (Å²) >= 11 is 0. The van der Waals surface area contributed by atoms with Crippen LogP contribution < -0.4 is 0 Å². The monoisotopic (exact) mass is 276 g/mol. The van der Waals surface area contributed by atoms with Crippen molar-refractivity contribution >= 4 is 6.09 Å². The highest BCUT2D eigenvalue weighted by Gasteiger charge is 2.21. The van der Waals surface area contributed by atoms with Crippen LogP contribution in [0.3, 0.4) is 0 Å². The number of nitrogens with zero attached hydrogens (tertiary/aromatic N) is 2. The van der Waals surface area contributed by atoms with Gasteiger partial charge in [-0.05, 0) is 6.92 Å². The summed E-state index contributed by atoms with van der Waals surface area (Å²) in [5, 5.41) is 0. The van der Waals surface area contributed by atoms with Crippen LogP contribution in [0, 0.1) is 0 Å². The first kappa shape index (κ1) is 20.5. The van der Waals surface area contributed by atoms with Gasteiger partial charge in [0.25, 0.3) is 0 Å². The number of amides is 1. The number of ether oxygens (including phenoxy) is 2. The normalized spacial score (nSPS) is 14.7. The maximum Gasteiger partial charge on any atom is 0.409 e. The van der Waals surface area contributed by atoms with Crippen LogP contribution in [0.25, 0.3) is 0 Å². The fourth-order valence-corrected chi connectivity index (χ4v) is 1.59. The van der Waals surface area contributed by atoms with Gasteiger partial charge >= 0.3 is 6.09 Å². The summed E-state index contributed by atoms with van der Waals surface area (Å²) in [5.41, 5.74) is 0. The van der Waals surface area contributed by atoms with Crippen LogP contribution >= 0.6 is 0 Å². The van der Waals surface area contributed by atoms with Crippen molar-refractivity contribution in [3.8, 4) is 0 Å². The van der Waals surface area contributed by atoms with Gasteiger partial charge in [-0.2, -0.15) is 0 Å². The fraction of sp³-hybridized carbons (Fsp3) is 0.929. The van der Waals surface area contributed by atoms with Gasteiger partial charge in [0.1, 0.15) is 0 Å². The summed E-state index contributed by atoms with van der Waals surface area (Å²) in [6.07, 6.45) is -0.191. The van der Waals surface area contributed by atoms with Gasteiger partial charge in [-0.25, -0.2) is 4.79 Å². The Balaban J connectivity index is 0. The number of rotatable bonds is 4. The molecule has 5 heteroatoms. The van der Waals surface area contributed by atoms with Gasteiger partial charge in [0.05, 0.1) is 13.2 Å². The van der Waals surface area contributed by atoms with Gasteiger partial charge in [0.2, 0.25) is 0 Å². The van der Waals surface area contributed by atoms with E-state index in [4.69, 9.17) is 9.47 Å². The topological polar surface area (TPSA) is 42.0 Å². The second-order valence-corrected chi connectivity index (χ2v) is 3.52. The van der Waals surface area contributed by atoms with Crippen molar-refractivity contribution in [2.75, 3.05) is 53.0 Å². The lowest BCUT2D eigenvalue weighted by Gasteiger charge is -2.33. The molecule has 116 valence electrons. The highest BCUT2D eigenvalue weighted by molar-refractivity contribution is 5.67. The Labute approximate surface area is 118 Å². The molecule has 1 aliphatic heterocycles. The summed E-state index contributed by atoms with van der Waals surface area (Å²) in [6.45, 7) is 15.3. The van der Waals surface area contributed by atoms with Crippen LogP contribution in [0.2, 0.25) is 0 Å². The lowest BCUT2D eigenvalue weighted by molar-refractivity contribution is 0.0699. The average molecular weight is 276 g/mol. The van der Waals surface area contributed by atoms with Gasteiger partial charge in [0.15, 0.2) is 0 Å². The van der Waals surface area contributed by atoms with Gasteiger partial charge in [-0.15, -0.1) is 0 Å². The molecule has 0 aromatic heterocycles. The van der Waals surface area contributed by atoms with Crippen molar-refractivity contribution in [2.45, 2.75) is 34.6 Å². The summed E-state index contributed by atoms with van der Waals surface area (Å²) in [7, 11) is 1.70. The Bertz CT molecular complexity index is 193. The lowest BCUT2D eigenvalue weighted by atomic mass is 10.3. The van der Waals surface area contributed by atoms with Crippen LogP contribution in [0.1, 0.15) is 34.6 Å². The summed E-state index contributed by atoms with van der Waals surface area (Å²) in [4.78, 5) is 15.4. The fourth-order valence-electron chi connectivity index (χ4n) is 1.59. The molecule has 1 saturated heterocycles. The molecule has 1 amide bonds. The van der Waals surface area contributed by atoms with Crippen molar-refractivity contribution in [1.82, 2.24) is 9.80 Å². The molecule has 0 spiro atoms. The van der Waals surface area contributed by atoms with Crippen LogP contribution in [-0.2, 0) is 9.47 Å². The SMILES string of the molecule is CC.CC.CCOC(=O)N1CCN(CCOC)CC1. The third-order valence-electron chi connectivity index (χ3n) is 2.51. The molecule has 5 nitrogen and oxygen atoms in total. The first-order valence-corrected chi connectivity index (χ1v) is 7.41. The van der Waals surface area contributed by atoms with Crippen molar-refractivity contribution in [3.05, 3.63) is 0 Å². The number of carbonyl (C=O) groups is 1. The summed E-state index contributed by atoms with van der Waals surface area (Å²) in [5.74, 6) is 0. The average Bonchev–Trinajstić information content (AvgIpc) is 2.50. The highest BCUT2D eigenvalue weighted by atomic mass is 16.6. The molecule has 1 rings (SSSR count). The standard InChI is InChI=1S/C10H20N2O3.2C2H6/c1-3-15-10(13)12-6-4-11(5-7-12)8-9-14-2;2*1-2/h3-9H2,1-2H3;2*1-2H3.